The van der Waals surface area contributed by atoms with Gasteiger partial charge < -0.3 is 16.1 Å². The normalized spacial score (nSPS) is 25.6. The summed E-state index contributed by atoms with van der Waals surface area (Å²) in [7, 11) is 0. The maximum atomic E-state index is 12.9. The lowest BCUT2D eigenvalue weighted by Gasteiger charge is -2.32. The predicted octanol–water partition coefficient (Wildman–Crippen LogP) is 1.46. The summed E-state index contributed by atoms with van der Waals surface area (Å²) in [6.45, 7) is 6.80. The van der Waals surface area contributed by atoms with Gasteiger partial charge in [0.15, 0.2) is 5.11 Å². The number of nitrogens with two attached hydrogens (primary N) is 1. The lowest BCUT2D eigenvalue weighted by molar-refractivity contribution is -0.560. The van der Waals surface area contributed by atoms with E-state index in [0.29, 0.717) is 11.4 Å². The Balaban J connectivity index is 2.57. The molecule has 2 rings (SSSR count). The molecule has 9 heteroatoms. The average molecular weight is 341 g/mol. The number of thiocarbonyl (C=S) groups is 1. The van der Waals surface area contributed by atoms with Gasteiger partial charge >= 0.3 is 0 Å². The van der Waals surface area contributed by atoms with Crippen LogP contribution in [0.1, 0.15) is 32.6 Å². The smallest absolute Gasteiger partial charge is 0.289 e. The van der Waals surface area contributed by atoms with E-state index < -0.39 is 11.2 Å². The highest BCUT2D eigenvalue weighted by atomic mass is 32.1. The van der Waals surface area contributed by atoms with Crippen LogP contribution in [0.15, 0.2) is 22.6 Å². The van der Waals surface area contributed by atoms with E-state index >= 15 is 0 Å². The summed E-state index contributed by atoms with van der Waals surface area (Å²) in [5.41, 5.74) is 6.40. The van der Waals surface area contributed by atoms with Gasteiger partial charge in [0.1, 0.15) is 11.3 Å². The summed E-state index contributed by atoms with van der Waals surface area (Å²) in [6.07, 6.45) is 0. The third-order valence-electron chi connectivity index (χ3n) is 3.89. The van der Waals surface area contributed by atoms with Crippen LogP contribution in [-0.2, 0) is 0 Å². The van der Waals surface area contributed by atoms with Gasteiger partial charge in [0.2, 0.25) is 5.71 Å². The topological polar surface area (TPSA) is 100.0 Å². The molecule has 1 aromatic heterocycles. The van der Waals surface area contributed by atoms with Crippen molar-refractivity contribution in [1.82, 2.24) is 10.5 Å². The van der Waals surface area contributed by atoms with E-state index in [0.717, 1.165) is 14.7 Å². The van der Waals surface area contributed by atoms with Crippen LogP contribution in [0.4, 0.5) is 0 Å². The molecule has 0 saturated carbocycles. The maximum absolute atomic E-state index is 12.9. The van der Waals surface area contributed by atoms with Gasteiger partial charge in [0, 0.05) is 6.92 Å². The fourth-order valence-corrected chi connectivity index (χ4v) is 3.51. The van der Waals surface area contributed by atoms with Crippen molar-refractivity contribution in [2.24, 2.45) is 10.8 Å². The molecule has 0 fully saturated rings. The van der Waals surface area contributed by atoms with E-state index in [1.165, 1.54) is 11.3 Å². The molecule has 1 atom stereocenters. The van der Waals surface area contributed by atoms with Crippen LogP contribution in [0, 0.1) is 5.21 Å². The van der Waals surface area contributed by atoms with Crippen molar-refractivity contribution in [2.45, 2.75) is 38.9 Å². The first-order chi connectivity index (χ1) is 10.1. The van der Waals surface area contributed by atoms with Gasteiger partial charge in [-0.1, -0.05) is 6.07 Å². The average Bonchev–Trinajstić information content (AvgIpc) is 2.99. The Morgan fingerprint density at radius 3 is 2.68 bits per heavy atom. The SMILES string of the molecule is C/C(=N/NC(N)=S)[C@]1(C)N(O)C(C)(C)C(c2cccs2)=[N+]1[O-]. The van der Waals surface area contributed by atoms with E-state index in [2.05, 4.69) is 10.5 Å². The summed E-state index contributed by atoms with van der Waals surface area (Å²) >= 11 is 6.15. The molecule has 1 aliphatic rings. The molecule has 0 aliphatic carbocycles. The molecule has 7 nitrogen and oxygen atoms in total. The highest BCUT2D eigenvalue weighted by Gasteiger charge is 2.61. The summed E-state index contributed by atoms with van der Waals surface area (Å²) in [6, 6.07) is 3.72. The third kappa shape index (κ3) is 2.39. The monoisotopic (exact) mass is 341 g/mol. The Labute approximate surface area is 138 Å². The van der Waals surface area contributed by atoms with Crippen LogP contribution in [0.3, 0.4) is 0 Å². The van der Waals surface area contributed by atoms with E-state index in [9.17, 15) is 10.4 Å². The first kappa shape index (κ1) is 16.8. The van der Waals surface area contributed by atoms with Crippen molar-refractivity contribution in [3.05, 3.63) is 27.6 Å². The van der Waals surface area contributed by atoms with Crippen molar-refractivity contribution in [1.29, 1.82) is 0 Å². The molecule has 0 radical (unpaired) electrons. The highest BCUT2D eigenvalue weighted by molar-refractivity contribution is 7.80. The highest BCUT2D eigenvalue weighted by Crippen LogP contribution is 2.37. The molecule has 0 spiro atoms. The van der Waals surface area contributed by atoms with Crippen LogP contribution in [-0.4, -0.2) is 42.7 Å². The predicted molar refractivity (Wildman–Crippen MR) is 91.2 cm³/mol. The molecule has 4 N–H and O–H groups in total. The lowest BCUT2D eigenvalue weighted by Crippen LogP contribution is -2.57. The van der Waals surface area contributed by atoms with Crippen molar-refractivity contribution in [3.63, 3.8) is 0 Å². The lowest BCUT2D eigenvalue weighted by atomic mass is 9.97. The van der Waals surface area contributed by atoms with Gasteiger partial charge in [-0.15, -0.1) is 16.4 Å². The minimum absolute atomic E-state index is 0.00962. The van der Waals surface area contributed by atoms with Crippen LogP contribution >= 0.6 is 23.6 Å². The number of hydroxylamine groups is 3. The zero-order valence-corrected chi connectivity index (χ0v) is 14.5. The summed E-state index contributed by atoms with van der Waals surface area (Å²) in [5, 5.41) is 30.5. The van der Waals surface area contributed by atoms with Crippen molar-refractivity contribution >= 4 is 40.1 Å². The summed E-state index contributed by atoms with van der Waals surface area (Å²) < 4.78 is 0.791. The van der Waals surface area contributed by atoms with Crippen molar-refractivity contribution in [2.75, 3.05) is 0 Å². The van der Waals surface area contributed by atoms with E-state index in [4.69, 9.17) is 18.0 Å². The first-order valence-corrected chi connectivity index (χ1v) is 7.90. The number of nitrogens with one attached hydrogen (secondary N) is 1. The van der Waals surface area contributed by atoms with Gasteiger partial charge in [0.25, 0.3) is 5.66 Å². The molecule has 0 unspecified atom stereocenters. The van der Waals surface area contributed by atoms with Gasteiger partial charge in [-0.3, -0.25) is 5.43 Å². The van der Waals surface area contributed by atoms with Gasteiger partial charge in [-0.25, -0.2) is 0 Å². The number of nitrogens with zero attached hydrogens (tertiary/aromatic N) is 3. The Hall–Kier alpha value is -1.55. The van der Waals surface area contributed by atoms with Crippen LogP contribution in [0.25, 0.3) is 0 Å². The molecule has 1 aliphatic heterocycles. The Morgan fingerprint density at radius 2 is 2.18 bits per heavy atom. The fourth-order valence-electron chi connectivity index (χ4n) is 2.56. The summed E-state index contributed by atoms with van der Waals surface area (Å²) in [4.78, 5) is 0.804. The Bertz CT molecular complexity index is 653. The fraction of sp³-hybridized carbons (Fsp3) is 0.462. The summed E-state index contributed by atoms with van der Waals surface area (Å²) in [5.74, 6) is 0. The maximum Gasteiger partial charge on any atom is 0.289 e. The minimum Gasteiger partial charge on any atom is -0.622 e. The van der Waals surface area contributed by atoms with Crippen LogP contribution in [0.2, 0.25) is 0 Å². The van der Waals surface area contributed by atoms with E-state index in [-0.39, 0.29) is 5.11 Å². The molecule has 0 bridgehead atoms. The second-order valence-electron chi connectivity index (χ2n) is 5.69. The molecule has 0 saturated heterocycles. The second-order valence-corrected chi connectivity index (χ2v) is 7.07. The quantitative estimate of drug-likeness (QED) is 0.253. The van der Waals surface area contributed by atoms with E-state index in [1.54, 1.807) is 27.7 Å². The first-order valence-electron chi connectivity index (χ1n) is 6.61. The molecule has 120 valence electrons. The van der Waals surface area contributed by atoms with Crippen molar-refractivity contribution < 1.29 is 9.95 Å². The molecule has 0 aromatic carbocycles. The van der Waals surface area contributed by atoms with E-state index in [1.807, 2.05) is 17.5 Å². The number of rotatable bonds is 3. The Kier molecular flexibility index (Phi) is 4.26. The number of thiophene rings is 1. The second kappa shape index (κ2) is 5.58. The van der Waals surface area contributed by atoms with Gasteiger partial charge in [-0.05, 0) is 44.4 Å². The van der Waals surface area contributed by atoms with Crippen LogP contribution in [0.5, 0.6) is 0 Å². The standard InChI is InChI=1S/C13H19N5O2S2/c1-8(15-16-11(14)21)13(4)17(19)10(9-6-5-7-22-9)12(2,3)18(13)20/h5-7,20H,1-4H3,(H3,14,16,21)/b15-8-/t13-/m0/s1. The zero-order chi connectivity index (χ0) is 16.7. The minimum atomic E-state index is -1.36. The molecule has 0 amide bonds. The van der Waals surface area contributed by atoms with Gasteiger partial charge in [-0.2, -0.15) is 9.84 Å². The number of hydrazone groups is 1. The van der Waals surface area contributed by atoms with Crippen LogP contribution < -0.4 is 11.2 Å². The van der Waals surface area contributed by atoms with Gasteiger partial charge in [0.05, 0.1) is 4.88 Å². The molecular weight excluding hydrogens is 322 g/mol. The molecule has 2 heterocycles. The third-order valence-corrected chi connectivity index (χ3v) is 4.86. The molecule has 22 heavy (non-hydrogen) atoms. The number of hydrogen-bond donors (Lipinski definition) is 3. The number of hydrogen-bond acceptors (Lipinski definition) is 6. The molecular formula is C13H19N5O2S2. The molecule has 1 aromatic rings. The largest absolute Gasteiger partial charge is 0.622 e. The Morgan fingerprint density at radius 1 is 1.55 bits per heavy atom. The zero-order valence-electron chi connectivity index (χ0n) is 12.8. The van der Waals surface area contributed by atoms with Crippen molar-refractivity contribution in [3.8, 4) is 0 Å².